The number of ether oxygens (including phenoxy) is 3. The molecule has 0 aromatic heterocycles. The number of carbonyl (C=O) groups is 2. The zero-order valence-corrected chi connectivity index (χ0v) is 19.7. The molecule has 0 spiro atoms. The third-order valence-corrected chi connectivity index (χ3v) is 5.16. The van der Waals surface area contributed by atoms with Crippen molar-refractivity contribution in [1.82, 2.24) is 0 Å². The molecule has 0 amide bonds. The van der Waals surface area contributed by atoms with E-state index in [4.69, 9.17) is 14.2 Å². The predicted octanol–water partition coefficient (Wildman–Crippen LogP) is 5.67. The van der Waals surface area contributed by atoms with E-state index in [9.17, 15) is 19.8 Å². The van der Waals surface area contributed by atoms with Crippen LogP contribution in [-0.4, -0.2) is 35.2 Å². The molecule has 0 saturated heterocycles. The van der Waals surface area contributed by atoms with E-state index in [1.807, 2.05) is 18.2 Å². The van der Waals surface area contributed by atoms with Crippen molar-refractivity contribution in [2.75, 3.05) is 13.2 Å². The number of ketones is 1. The number of esters is 1. The largest absolute Gasteiger partial charge is 0.508 e. The lowest BCUT2D eigenvalue weighted by molar-refractivity contribution is 0.0734. The van der Waals surface area contributed by atoms with Gasteiger partial charge in [0.05, 0.1) is 5.56 Å². The van der Waals surface area contributed by atoms with E-state index in [1.165, 1.54) is 24.3 Å². The minimum absolute atomic E-state index is 0.0900. The Kier molecular flexibility index (Phi) is 8.18. The Bertz CT molecular complexity index is 1360. The molecule has 0 atom stereocenters. The molecule has 2 N–H and O–H groups in total. The maximum absolute atomic E-state index is 12.5. The second-order valence-electron chi connectivity index (χ2n) is 7.93. The van der Waals surface area contributed by atoms with Crippen LogP contribution in [0.2, 0.25) is 0 Å². The molecule has 0 unspecified atom stereocenters. The van der Waals surface area contributed by atoms with Crippen molar-refractivity contribution in [2.45, 2.75) is 0 Å². The van der Waals surface area contributed by atoms with Crippen molar-refractivity contribution >= 4 is 17.8 Å². The van der Waals surface area contributed by atoms with E-state index in [-0.39, 0.29) is 30.5 Å². The number of carbonyl (C=O) groups excluding carboxylic acids is 2. The topological polar surface area (TPSA) is 102 Å². The number of hydrogen-bond donors (Lipinski definition) is 2. The molecule has 0 bridgehead atoms. The predicted molar refractivity (Wildman–Crippen MR) is 138 cm³/mol. The molecule has 0 aliphatic heterocycles. The van der Waals surface area contributed by atoms with Crippen LogP contribution in [0.15, 0.2) is 103 Å². The highest BCUT2D eigenvalue weighted by Crippen LogP contribution is 2.25. The number of aromatic hydroxyl groups is 2. The highest BCUT2D eigenvalue weighted by Gasteiger charge is 2.09. The monoisotopic (exact) mass is 496 g/mol. The van der Waals surface area contributed by atoms with Gasteiger partial charge in [0.15, 0.2) is 5.78 Å². The molecule has 0 fully saturated rings. The lowest BCUT2D eigenvalue weighted by atomic mass is 10.1. The lowest BCUT2D eigenvalue weighted by Gasteiger charge is -2.10. The standard InChI is InChI=1S/C30H24O7/c31-24-18-25(32)20-28(19-24)36-17-16-35-26-13-9-23(10-14-26)30(34)37-27-11-6-21(7-12-27)8-15-29(33)22-4-2-1-3-5-22/h1-15,18-20,31-32H,16-17H2. The van der Waals surface area contributed by atoms with Crippen molar-refractivity contribution in [2.24, 2.45) is 0 Å². The number of hydrogen-bond acceptors (Lipinski definition) is 7. The summed E-state index contributed by atoms with van der Waals surface area (Å²) >= 11 is 0. The number of phenolic OH excluding ortho intramolecular Hbond substituents is 2. The van der Waals surface area contributed by atoms with E-state index in [0.29, 0.717) is 28.4 Å². The summed E-state index contributed by atoms with van der Waals surface area (Å²) in [6.45, 7) is 0.413. The summed E-state index contributed by atoms with van der Waals surface area (Å²) < 4.78 is 16.4. The molecule has 4 rings (SSSR count). The maximum atomic E-state index is 12.5. The average molecular weight is 497 g/mol. The van der Waals surface area contributed by atoms with Crippen molar-refractivity contribution < 1.29 is 34.0 Å². The number of benzene rings is 4. The normalized spacial score (nSPS) is 10.7. The second kappa shape index (κ2) is 12.1. The van der Waals surface area contributed by atoms with Crippen molar-refractivity contribution in [3.63, 3.8) is 0 Å². The third-order valence-electron chi connectivity index (χ3n) is 5.16. The van der Waals surface area contributed by atoms with Crippen molar-refractivity contribution in [3.8, 4) is 28.7 Å². The van der Waals surface area contributed by atoms with Gasteiger partial charge in [-0.15, -0.1) is 0 Å². The van der Waals surface area contributed by atoms with Gasteiger partial charge >= 0.3 is 5.97 Å². The molecule has 37 heavy (non-hydrogen) atoms. The van der Waals surface area contributed by atoms with Crippen LogP contribution in [0.4, 0.5) is 0 Å². The zero-order valence-electron chi connectivity index (χ0n) is 19.7. The van der Waals surface area contributed by atoms with Gasteiger partial charge in [-0.1, -0.05) is 48.5 Å². The molecule has 0 saturated carbocycles. The Morgan fingerprint density at radius 2 is 1.24 bits per heavy atom. The Morgan fingerprint density at radius 3 is 1.89 bits per heavy atom. The minimum Gasteiger partial charge on any atom is -0.508 e. The number of rotatable bonds is 10. The van der Waals surface area contributed by atoms with E-state index in [0.717, 1.165) is 5.56 Å². The molecule has 0 radical (unpaired) electrons. The van der Waals surface area contributed by atoms with Crippen LogP contribution in [0, 0.1) is 0 Å². The molecule has 7 nitrogen and oxygen atoms in total. The quantitative estimate of drug-likeness (QED) is 0.0959. The lowest BCUT2D eigenvalue weighted by Crippen LogP contribution is -2.10. The molecule has 186 valence electrons. The molecular formula is C30H24O7. The van der Waals surface area contributed by atoms with Crippen LogP contribution in [0.1, 0.15) is 26.3 Å². The molecule has 0 aliphatic rings. The van der Waals surface area contributed by atoms with Gasteiger partial charge in [0.25, 0.3) is 0 Å². The fraction of sp³-hybridized carbons (Fsp3) is 0.0667. The number of allylic oxidation sites excluding steroid dienone is 1. The first kappa shape index (κ1) is 25.1. The van der Waals surface area contributed by atoms with Crippen LogP contribution < -0.4 is 14.2 Å². The molecule has 0 heterocycles. The van der Waals surface area contributed by atoms with Gasteiger partial charge in [0.1, 0.15) is 42.0 Å². The smallest absolute Gasteiger partial charge is 0.343 e. The fourth-order valence-electron chi connectivity index (χ4n) is 3.34. The summed E-state index contributed by atoms with van der Waals surface area (Å²) in [6.07, 6.45) is 3.21. The summed E-state index contributed by atoms with van der Waals surface area (Å²) in [5, 5.41) is 18.9. The van der Waals surface area contributed by atoms with Gasteiger partial charge in [-0.2, -0.15) is 0 Å². The molecule has 4 aromatic rings. The zero-order chi connectivity index (χ0) is 26.0. The van der Waals surface area contributed by atoms with Gasteiger partial charge < -0.3 is 24.4 Å². The van der Waals surface area contributed by atoms with Crippen LogP contribution in [-0.2, 0) is 0 Å². The first-order valence-electron chi connectivity index (χ1n) is 11.4. The van der Waals surface area contributed by atoms with Crippen LogP contribution >= 0.6 is 0 Å². The molecular weight excluding hydrogens is 472 g/mol. The maximum Gasteiger partial charge on any atom is 0.343 e. The van der Waals surface area contributed by atoms with Crippen molar-refractivity contribution in [1.29, 1.82) is 0 Å². The first-order valence-corrected chi connectivity index (χ1v) is 11.4. The minimum atomic E-state index is -0.513. The van der Waals surface area contributed by atoms with Crippen LogP contribution in [0.5, 0.6) is 28.7 Å². The van der Waals surface area contributed by atoms with Crippen LogP contribution in [0.25, 0.3) is 6.08 Å². The fourth-order valence-corrected chi connectivity index (χ4v) is 3.34. The third kappa shape index (κ3) is 7.47. The summed E-state index contributed by atoms with van der Waals surface area (Å²) in [7, 11) is 0. The summed E-state index contributed by atoms with van der Waals surface area (Å²) in [4.78, 5) is 24.7. The highest BCUT2D eigenvalue weighted by atomic mass is 16.5. The van der Waals surface area contributed by atoms with E-state index < -0.39 is 5.97 Å². The van der Waals surface area contributed by atoms with Gasteiger partial charge in [0.2, 0.25) is 0 Å². The van der Waals surface area contributed by atoms with E-state index in [1.54, 1.807) is 66.7 Å². The SMILES string of the molecule is O=C(C=Cc1ccc(OC(=O)c2ccc(OCCOc3cc(O)cc(O)c3)cc2)cc1)c1ccccc1. The summed E-state index contributed by atoms with van der Waals surface area (Å²) in [5.74, 6) is 0.452. The second-order valence-corrected chi connectivity index (χ2v) is 7.93. The summed E-state index contributed by atoms with van der Waals surface area (Å²) in [6, 6.07) is 26.3. The average Bonchev–Trinajstić information content (AvgIpc) is 2.91. The Balaban J connectivity index is 1.24. The Hall–Kier alpha value is -5.04. The molecule has 4 aromatic carbocycles. The van der Waals surface area contributed by atoms with Gasteiger partial charge in [0, 0.05) is 23.8 Å². The molecule has 0 aliphatic carbocycles. The first-order chi connectivity index (χ1) is 18.0. The van der Waals surface area contributed by atoms with Gasteiger partial charge in [-0.3, -0.25) is 4.79 Å². The Labute approximate surface area is 213 Å². The highest BCUT2D eigenvalue weighted by molar-refractivity contribution is 6.06. The van der Waals surface area contributed by atoms with Gasteiger partial charge in [-0.25, -0.2) is 4.79 Å². The van der Waals surface area contributed by atoms with E-state index in [2.05, 4.69) is 0 Å². The summed E-state index contributed by atoms with van der Waals surface area (Å²) in [5.41, 5.74) is 1.77. The van der Waals surface area contributed by atoms with E-state index >= 15 is 0 Å². The number of phenols is 2. The van der Waals surface area contributed by atoms with Gasteiger partial charge in [-0.05, 0) is 48.0 Å². The van der Waals surface area contributed by atoms with Crippen LogP contribution in [0.3, 0.4) is 0 Å². The van der Waals surface area contributed by atoms with Crippen molar-refractivity contribution in [3.05, 3.63) is 120 Å². The molecule has 7 heteroatoms. The Morgan fingerprint density at radius 1 is 0.649 bits per heavy atom.